The highest BCUT2D eigenvalue weighted by Gasteiger charge is 2.50. The predicted molar refractivity (Wildman–Crippen MR) is 157 cm³/mol. The number of hydrogen-bond acceptors (Lipinski definition) is 7. The summed E-state index contributed by atoms with van der Waals surface area (Å²) in [6.07, 6.45) is -0.391. The molecule has 3 atom stereocenters. The first-order chi connectivity index (χ1) is 20.6. The van der Waals surface area contributed by atoms with E-state index in [0.717, 1.165) is 10.8 Å². The Morgan fingerprint density at radius 2 is 1.74 bits per heavy atom. The van der Waals surface area contributed by atoms with Gasteiger partial charge in [-0.1, -0.05) is 73.6 Å². The summed E-state index contributed by atoms with van der Waals surface area (Å²) in [6, 6.07) is 19.4. The Bertz CT molecular complexity index is 1600. The maximum absolute atomic E-state index is 13.7. The number of para-hydroxylation sites is 1. The van der Waals surface area contributed by atoms with Crippen molar-refractivity contribution in [2.75, 3.05) is 6.61 Å². The summed E-state index contributed by atoms with van der Waals surface area (Å²) in [5.41, 5.74) is 7.80. The minimum atomic E-state index is -1.81. The van der Waals surface area contributed by atoms with E-state index in [1.807, 2.05) is 44.2 Å². The Morgan fingerprint density at radius 3 is 2.44 bits per heavy atom. The molecule has 0 radical (unpaired) electrons. The van der Waals surface area contributed by atoms with Crippen LogP contribution in [0.15, 0.2) is 78.0 Å². The summed E-state index contributed by atoms with van der Waals surface area (Å²) >= 11 is 0. The second kappa shape index (κ2) is 13.5. The zero-order chi connectivity index (χ0) is 31.0. The first-order valence-electron chi connectivity index (χ1n) is 13.6. The van der Waals surface area contributed by atoms with E-state index in [1.54, 1.807) is 42.5 Å². The molecule has 222 valence electrons. The molecule has 2 amide bonds. The van der Waals surface area contributed by atoms with Crippen LogP contribution in [0.1, 0.15) is 37.0 Å². The zero-order valence-electron chi connectivity index (χ0n) is 23.6. The Balaban J connectivity index is 1.60. The van der Waals surface area contributed by atoms with E-state index in [-0.39, 0.29) is 24.9 Å². The molecular weight excluding hydrogens is 554 g/mol. The summed E-state index contributed by atoms with van der Waals surface area (Å²) in [5.74, 6) is -3.23. The lowest BCUT2D eigenvalue weighted by Gasteiger charge is -2.28. The van der Waals surface area contributed by atoms with Crippen LogP contribution in [-0.4, -0.2) is 69.7 Å². The summed E-state index contributed by atoms with van der Waals surface area (Å²) in [7, 11) is 0. The van der Waals surface area contributed by atoms with Gasteiger partial charge in [-0.3, -0.25) is 19.2 Å². The number of nitrogens with one attached hydrogen (secondary N) is 2. The molecule has 1 heterocycles. The number of carbonyl (C=O) groups excluding carboxylic acids is 3. The normalized spacial score (nSPS) is 17.1. The first kappa shape index (κ1) is 30.6. The van der Waals surface area contributed by atoms with Gasteiger partial charge in [0.25, 0.3) is 23.2 Å². The largest absolute Gasteiger partial charge is 0.489 e. The van der Waals surface area contributed by atoms with E-state index >= 15 is 0 Å². The van der Waals surface area contributed by atoms with Crippen LogP contribution >= 0.6 is 0 Å². The third kappa shape index (κ3) is 7.30. The molecule has 3 aromatic rings. The fourth-order valence-corrected chi connectivity index (χ4v) is 4.76. The number of nitrogens with zero attached hydrogens (tertiary/aromatic N) is 3. The third-order valence-electron chi connectivity index (χ3n) is 6.99. The third-order valence-corrected chi connectivity index (χ3v) is 6.99. The van der Waals surface area contributed by atoms with E-state index in [4.69, 9.17) is 15.1 Å². The molecule has 0 saturated carbocycles. The topological polar surface area (TPSA) is 180 Å². The lowest BCUT2D eigenvalue weighted by molar-refractivity contribution is -0.150. The van der Waals surface area contributed by atoms with Gasteiger partial charge in [-0.2, -0.15) is 4.79 Å². The summed E-state index contributed by atoms with van der Waals surface area (Å²) in [5, 5.41) is 20.6. The van der Waals surface area contributed by atoms with Gasteiger partial charge in [0.2, 0.25) is 0 Å². The molecule has 2 unspecified atom stereocenters. The molecular formula is C31H31N5O7. The summed E-state index contributed by atoms with van der Waals surface area (Å²) in [4.78, 5) is 59.3. The zero-order valence-corrected chi connectivity index (χ0v) is 23.6. The van der Waals surface area contributed by atoms with Gasteiger partial charge in [0.15, 0.2) is 0 Å². The van der Waals surface area contributed by atoms with E-state index in [9.17, 15) is 24.3 Å². The van der Waals surface area contributed by atoms with Crippen LogP contribution in [0.4, 0.5) is 0 Å². The van der Waals surface area contributed by atoms with Crippen molar-refractivity contribution in [2.45, 2.75) is 44.4 Å². The fraction of sp³-hybridized carbons (Fsp3) is 0.290. The van der Waals surface area contributed by atoms with E-state index in [1.165, 1.54) is 0 Å². The van der Waals surface area contributed by atoms with Crippen LogP contribution in [0.3, 0.4) is 0 Å². The number of aliphatic carboxylic acids is 1. The van der Waals surface area contributed by atoms with Crippen molar-refractivity contribution in [3.05, 3.63) is 83.9 Å². The number of carbonyl (C=O) groups is 4. The summed E-state index contributed by atoms with van der Waals surface area (Å²) < 4.78 is 5.86. The number of Topliss-reactive ketones (excluding diaryl/α,β-unsaturated/α-hetero) is 1. The first-order valence-corrected chi connectivity index (χ1v) is 13.6. The molecule has 12 nitrogen and oxygen atoms in total. The number of benzene rings is 3. The van der Waals surface area contributed by atoms with E-state index in [0.29, 0.717) is 23.2 Å². The number of ether oxygens (including phenoxy) is 1. The number of rotatable bonds is 13. The molecule has 0 fully saturated rings. The summed E-state index contributed by atoms with van der Waals surface area (Å²) in [6.45, 7) is 3.42. The van der Waals surface area contributed by atoms with E-state index < -0.39 is 41.8 Å². The van der Waals surface area contributed by atoms with Crippen LogP contribution < -0.4 is 15.4 Å². The van der Waals surface area contributed by atoms with Gasteiger partial charge in [0, 0.05) is 12.0 Å². The monoisotopic (exact) mass is 585 g/mol. The van der Waals surface area contributed by atoms with Crippen molar-refractivity contribution in [3.63, 3.8) is 0 Å². The highest BCUT2D eigenvalue weighted by molar-refractivity contribution is 6.28. The number of carboxylic acid groups (broad SMARTS) is 1. The molecule has 43 heavy (non-hydrogen) atoms. The van der Waals surface area contributed by atoms with Gasteiger partial charge in [-0.15, -0.1) is 0 Å². The van der Waals surface area contributed by atoms with Crippen molar-refractivity contribution < 1.29 is 38.6 Å². The van der Waals surface area contributed by atoms with Gasteiger partial charge < -0.3 is 30.8 Å². The van der Waals surface area contributed by atoms with Crippen molar-refractivity contribution in [1.82, 2.24) is 10.6 Å². The van der Waals surface area contributed by atoms with Gasteiger partial charge in [0.05, 0.1) is 18.2 Å². The van der Waals surface area contributed by atoms with Crippen molar-refractivity contribution in [3.8, 4) is 5.75 Å². The number of hydrogen-bond donors (Lipinski definition) is 3. The van der Waals surface area contributed by atoms with Crippen molar-refractivity contribution in [1.29, 1.82) is 0 Å². The highest BCUT2D eigenvalue weighted by Crippen LogP contribution is 2.30. The molecule has 3 aromatic carbocycles. The predicted octanol–water partition coefficient (Wildman–Crippen LogP) is 3.02. The van der Waals surface area contributed by atoms with Crippen molar-refractivity contribution in [2.24, 2.45) is 11.1 Å². The lowest BCUT2D eigenvalue weighted by Crippen LogP contribution is -2.56. The molecule has 0 saturated heterocycles. The molecule has 3 N–H and O–H groups in total. The number of fused-ring (bicyclic) bond motifs is 1. The SMILES string of the molecule is CC(C)C(NC(=O)c1cccc2ccccc12)C1=NOC(COc2ccccc2)(C(=O)N[C@@H](CC(=O)O)C(=O)C=[N+]=[N-])C1. The Morgan fingerprint density at radius 1 is 1.05 bits per heavy atom. The average Bonchev–Trinajstić information content (AvgIpc) is 3.43. The number of amides is 2. The van der Waals surface area contributed by atoms with Crippen LogP contribution in [0, 0.1) is 5.92 Å². The highest BCUT2D eigenvalue weighted by atomic mass is 16.7. The lowest BCUT2D eigenvalue weighted by atomic mass is 9.89. The average molecular weight is 586 g/mol. The molecule has 0 aromatic heterocycles. The quantitative estimate of drug-likeness (QED) is 0.157. The molecule has 1 aliphatic heterocycles. The Hall–Kier alpha value is -5.35. The number of oxime groups is 1. The smallest absolute Gasteiger partial charge is 0.325 e. The second-order valence-electron chi connectivity index (χ2n) is 10.4. The minimum absolute atomic E-state index is 0.133. The van der Waals surface area contributed by atoms with Gasteiger partial charge in [-0.25, -0.2) is 0 Å². The van der Waals surface area contributed by atoms with E-state index in [2.05, 4.69) is 20.6 Å². The second-order valence-corrected chi connectivity index (χ2v) is 10.4. The molecule has 4 rings (SSSR count). The minimum Gasteiger partial charge on any atom is -0.489 e. The Labute approximate surface area is 247 Å². The molecule has 1 aliphatic rings. The molecule has 0 aliphatic carbocycles. The maximum Gasteiger partial charge on any atom is 0.325 e. The van der Waals surface area contributed by atoms with Crippen LogP contribution in [-0.2, 0) is 19.2 Å². The number of ketones is 1. The van der Waals surface area contributed by atoms with Crippen LogP contribution in [0.2, 0.25) is 0 Å². The molecule has 0 spiro atoms. The number of carboxylic acids is 1. The van der Waals surface area contributed by atoms with Crippen LogP contribution in [0.5, 0.6) is 5.75 Å². The standard InChI is InChI=1S/C31H31N5O7/c1-19(2)28(35-29(40)23-14-8-10-20-9-6-7-13-22(20)23)25-16-31(43-36-25,18-42-21-11-4-3-5-12-21)30(41)34-24(15-27(38)39)26(37)17-33-32/h3-14,17,19,24,28H,15-16,18H2,1-2H3,(H,34,41)(H,35,40)(H,38,39)/t24-,28?,31?/m0/s1. The molecule has 12 heteroatoms. The van der Waals surface area contributed by atoms with Gasteiger partial charge in [0.1, 0.15) is 18.4 Å². The van der Waals surface area contributed by atoms with Gasteiger partial charge in [-0.05, 0) is 34.9 Å². The van der Waals surface area contributed by atoms with Crippen LogP contribution in [0.25, 0.3) is 16.3 Å². The Kier molecular flexibility index (Phi) is 9.64. The van der Waals surface area contributed by atoms with Crippen molar-refractivity contribution >= 4 is 46.3 Å². The van der Waals surface area contributed by atoms with Gasteiger partial charge >= 0.3 is 12.2 Å². The molecule has 0 bridgehead atoms. The maximum atomic E-state index is 13.7. The fourth-order valence-electron chi connectivity index (χ4n) is 4.76.